The minimum absolute atomic E-state index is 0.465. The van der Waals surface area contributed by atoms with Gasteiger partial charge in [0.15, 0.2) is 0 Å². The van der Waals surface area contributed by atoms with Gasteiger partial charge in [0, 0.05) is 18.3 Å². The average molecular weight is 146 g/mol. The van der Waals surface area contributed by atoms with Gasteiger partial charge in [0.1, 0.15) is 0 Å². The molecule has 0 bridgehead atoms. The zero-order valence-corrected chi connectivity index (χ0v) is 6.44. The van der Waals surface area contributed by atoms with E-state index < -0.39 is 0 Å². The van der Waals surface area contributed by atoms with Crippen molar-refractivity contribution in [1.29, 1.82) is 0 Å². The van der Waals surface area contributed by atoms with Crippen LogP contribution in [0, 0.1) is 0 Å². The molecule has 0 saturated heterocycles. The predicted octanol–water partition coefficient (Wildman–Crippen LogP) is 2.03. The number of nitrogens with zero attached hydrogens (tertiary/aromatic N) is 2. The number of fused-ring (bicyclic) bond motifs is 1. The quantitative estimate of drug-likeness (QED) is 0.547. The fraction of sp³-hybridized carbons (Fsp3) is 0.222. The normalized spacial score (nSPS) is 21.4. The Hall–Kier alpha value is -1.31. The standard InChI is InChI=1S/C9H10N2/c1-8-4-2-3-7-11-9(8)5-6-10-11/h2-8H,1H3. The minimum Gasteiger partial charge on any atom is -0.245 e. The highest BCUT2D eigenvalue weighted by Gasteiger charge is 2.07. The molecule has 0 radical (unpaired) electrons. The van der Waals surface area contributed by atoms with E-state index in [2.05, 4.69) is 24.2 Å². The van der Waals surface area contributed by atoms with E-state index >= 15 is 0 Å². The maximum atomic E-state index is 4.16. The summed E-state index contributed by atoms with van der Waals surface area (Å²) in [5.74, 6) is 0.465. The largest absolute Gasteiger partial charge is 0.245 e. The molecule has 0 N–H and O–H groups in total. The van der Waals surface area contributed by atoms with E-state index in [4.69, 9.17) is 0 Å². The molecule has 0 aromatic carbocycles. The molecule has 56 valence electrons. The second-order valence-corrected chi connectivity index (χ2v) is 2.72. The molecular formula is C9H10N2. The zero-order chi connectivity index (χ0) is 7.68. The van der Waals surface area contributed by atoms with E-state index in [1.165, 1.54) is 5.69 Å². The van der Waals surface area contributed by atoms with Gasteiger partial charge >= 0.3 is 0 Å². The molecule has 0 saturated carbocycles. The Morgan fingerprint density at radius 1 is 1.45 bits per heavy atom. The molecule has 2 heterocycles. The van der Waals surface area contributed by atoms with Crippen molar-refractivity contribution < 1.29 is 0 Å². The molecule has 1 aromatic rings. The summed E-state index contributed by atoms with van der Waals surface area (Å²) in [4.78, 5) is 0. The van der Waals surface area contributed by atoms with Gasteiger partial charge in [-0.2, -0.15) is 5.10 Å². The summed E-state index contributed by atoms with van der Waals surface area (Å²) in [5.41, 5.74) is 1.25. The number of aromatic nitrogens is 2. The second kappa shape index (κ2) is 2.38. The molecule has 11 heavy (non-hydrogen) atoms. The van der Waals surface area contributed by atoms with Crippen molar-refractivity contribution in [1.82, 2.24) is 9.78 Å². The lowest BCUT2D eigenvalue weighted by atomic mass is 10.1. The van der Waals surface area contributed by atoms with Crippen molar-refractivity contribution in [3.8, 4) is 0 Å². The average Bonchev–Trinajstić information content (AvgIpc) is 2.40. The summed E-state index contributed by atoms with van der Waals surface area (Å²) >= 11 is 0. The first-order valence-electron chi connectivity index (χ1n) is 3.76. The summed E-state index contributed by atoms with van der Waals surface area (Å²) in [6, 6.07) is 2.05. The molecule has 1 unspecified atom stereocenters. The summed E-state index contributed by atoms with van der Waals surface area (Å²) in [5, 5.41) is 4.16. The maximum absolute atomic E-state index is 4.16. The molecule has 1 aromatic heterocycles. The molecule has 0 spiro atoms. The molecule has 1 atom stereocenters. The van der Waals surface area contributed by atoms with Crippen LogP contribution in [0.4, 0.5) is 0 Å². The lowest BCUT2D eigenvalue weighted by Crippen LogP contribution is -1.97. The lowest BCUT2D eigenvalue weighted by Gasteiger charge is -2.03. The smallest absolute Gasteiger partial charge is 0.0501 e. The van der Waals surface area contributed by atoms with Crippen LogP contribution < -0.4 is 0 Å². The maximum Gasteiger partial charge on any atom is 0.0501 e. The third-order valence-corrected chi connectivity index (χ3v) is 1.91. The first-order valence-corrected chi connectivity index (χ1v) is 3.76. The van der Waals surface area contributed by atoms with Crippen molar-refractivity contribution in [3.63, 3.8) is 0 Å². The van der Waals surface area contributed by atoms with Crippen molar-refractivity contribution in [3.05, 3.63) is 36.2 Å². The van der Waals surface area contributed by atoms with E-state index in [0.717, 1.165) is 0 Å². The number of rotatable bonds is 0. The Balaban J connectivity index is 2.53. The van der Waals surface area contributed by atoms with Gasteiger partial charge in [0.2, 0.25) is 0 Å². The first-order chi connectivity index (χ1) is 5.38. The van der Waals surface area contributed by atoms with Crippen molar-refractivity contribution in [2.75, 3.05) is 0 Å². The van der Waals surface area contributed by atoms with Gasteiger partial charge in [0.25, 0.3) is 0 Å². The van der Waals surface area contributed by atoms with Gasteiger partial charge in [-0.25, -0.2) is 4.68 Å². The van der Waals surface area contributed by atoms with E-state index in [-0.39, 0.29) is 0 Å². The Morgan fingerprint density at radius 2 is 2.36 bits per heavy atom. The summed E-state index contributed by atoms with van der Waals surface area (Å²) in [7, 11) is 0. The highest BCUT2D eigenvalue weighted by Crippen LogP contribution is 2.18. The fourth-order valence-corrected chi connectivity index (χ4v) is 1.27. The topological polar surface area (TPSA) is 17.8 Å². The van der Waals surface area contributed by atoms with Gasteiger partial charge in [0.05, 0.1) is 5.69 Å². The SMILES string of the molecule is CC1C=CC=Cn2nccc21. The fourth-order valence-electron chi connectivity index (χ4n) is 1.27. The molecule has 0 aliphatic carbocycles. The van der Waals surface area contributed by atoms with Crippen molar-refractivity contribution in [2.24, 2.45) is 0 Å². The van der Waals surface area contributed by atoms with E-state index in [1.807, 2.05) is 29.2 Å². The highest BCUT2D eigenvalue weighted by atomic mass is 15.3. The molecule has 2 heteroatoms. The van der Waals surface area contributed by atoms with Crippen LogP contribution in [-0.4, -0.2) is 9.78 Å². The van der Waals surface area contributed by atoms with Gasteiger partial charge in [-0.1, -0.05) is 19.1 Å². The Morgan fingerprint density at radius 3 is 3.27 bits per heavy atom. The third-order valence-electron chi connectivity index (χ3n) is 1.91. The Labute approximate surface area is 65.8 Å². The lowest BCUT2D eigenvalue weighted by molar-refractivity contribution is 0.810. The third kappa shape index (κ3) is 1.00. The van der Waals surface area contributed by atoms with Crippen LogP contribution in [0.25, 0.3) is 6.20 Å². The number of hydrogen-bond acceptors (Lipinski definition) is 1. The number of hydrogen-bond donors (Lipinski definition) is 0. The van der Waals surface area contributed by atoms with E-state index in [1.54, 1.807) is 0 Å². The Kier molecular flexibility index (Phi) is 1.39. The van der Waals surface area contributed by atoms with E-state index in [9.17, 15) is 0 Å². The molecule has 1 aliphatic heterocycles. The van der Waals surface area contributed by atoms with Gasteiger partial charge in [-0.15, -0.1) is 0 Å². The van der Waals surface area contributed by atoms with Gasteiger partial charge in [-0.3, -0.25) is 0 Å². The number of allylic oxidation sites excluding steroid dienone is 3. The minimum atomic E-state index is 0.465. The van der Waals surface area contributed by atoms with Crippen LogP contribution in [0.1, 0.15) is 18.5 Å². The van der Waals surface area contributed by atoms with E-state index in [0.29, 0.717) is 5.92 Å². The second-order valence-electron chi connectivity index (χ2n) is 2.72. The molecule has 2 rings (SSSR count). The molecular weight excluding hydrogens is 136 g/mol. The Bertz CT molecular complexity index is 307. The van der Waals surface area contributed by atoms with Crippen LogP contribution in [0.3, 0.4) is 0 Å². The van der Waals surface area contributed by atoms with Crippen molar-refractivity contribution in [2.45, 2.75) is 12.8 Å². The van der Waals surface area contributed by atoms with Crippen LogP contribution in [0.15, 0.2) is 30.5 Å². The van der Waals surface area contributed by atoms with Crippen LogP contribution in [-0.2, 0) is 0 Å². The summed E-state index contributed by atoms with van der Waals surface area (Å²) in [6.07, 6.45) is 10.0. The van der Waals surface area contributed by atoms with Crippen molar-refractivity contribution >= 4 is 6.20 Å². The van der Waals surface area contributed by atoms with Crippen LogP contribution in [0.5, 0.6) is 0 Å². The van der Waals surface area contributed by atoms with Gasteiger partial charge < -0.3 is 0 Å². The summed E-state index contributed by atoms with van der Waals surface area (Å²) in [6.45, 7) is 2.16. The predicted molar refractivity (Wildman–Crippen MR) is 45.1 cm³/mol. The van der Waals surface area contributed by atoms with Crippen LogP contribution >= 0.6 is 0 Å². The molecule has 0 amide bonds. The monoisotopic (exact) mass is 146 g/mol. The van der Waals surface area contributed by atoms with Gasteiger partial charge in [-0.05, 0) is 12.1 Å². The zero-order valence-electron chi connectivity index (χ0n) is 6.44. The molecule has 0 fully saturated rings. The first kappa shape index (κ1) is 6.40. The molecule has 2 nitrogen and oxygen atoms in total. The highest BCUT2D eigenvalue weighted by molar-refractivity contribution is 5.35. The molecule has 1 aliphatic rings. The summed E-state index contributed by atoms with van der Waals surface area (Å²) < 4.78 is 1.91. The van der Waals surface area contributed by atoms with Crippen LogP contribution in [0.2, 0.25) is 0 Å².